The van der Waals surface area contributed by atoms with Gasteiger partial charge in [-0.15, -0.1) is 0 Å². The van der Waals surface area contributed by atoms with E-state index in [-0.39, 0.29) is 0 Å². The van der Waals surface area contributed by atoms with Crippen LogP contribution in [0.15, 0.2) is 24.3 Å². The summed E-state index contributed by atoms with van der Waals surface area (Å²) in [5, 5.41) is 1.26. The van der Waals surface area contributed by atoms with E-state index in [0.29, 0.717) is 0 Å². The van der Waals surface area contributed by atoms with Gasteiger partial charge < -0.3 is 0 Å². The summed E-state index contributed by atoms with van der Waals surface area (Å²) in [4.78, 5) is 0. The Morgan fingerprint density at radius 1 is 1.20 bits per heavy atom. The Morgan fingerprint density at radius 2 is 1.80 bits per heavy atom. The average molecular weight is 197 g/mol. The number of benzene rings is 1. The molecule has 2 N–H and O–H groups in total. The number of hydrogen-bond acceptors (Lipinski definition) is 1. The van der Waals surface area contributed by atoms with E-state index in [4.69, 9.17) is 5.73 Å². The number of rotatable bonds is 2. The Kier molecular flexibility index (Phi) is 2.82. The third kappa shape index (κ3) is 2.07. The monoisotopic (exact) mass is 197 g/mol. The zero-order chi connectivity index (χ0) is 7.40. The number of hydrogen-bond donors (Lipinski definition) is 1. The summed E-state index contributed by atoms with van der Waals surface area (Å²) < 4.78 is 0. The molecular weight excluding hydrogens is 185 g/mol. The van der Waals surface area contributed by atoms with Gasteiger partial charge in [-0.1, -0.05) is 0 Å². The van der Waals surface area contributed by atoms with E-state index in [2.05, 4.69) is 12.1 Å². The summed E-state index contributed by atoms with van der Waals surface area (Å²) in [6.07, 6.45) is 1.18. The van der Waals surface area contributed by atoms with E-state index in [1.165, 1.54) is 17.2 Å². The van der Waals surface area contributed by atoms with Crippen molar-refractivity contribution in [1.82, 2.24) is 0 Å². The molecule has 0 fully saturated rings. The van der Waals surface area contributed by atoms with Crippen molar-refractivity contribution in [3.8, 4) is 0 Å². The van der Waals surface area contributed by atoms with Gasteiger partial charge in [0.15, 0.2) is 0 Å². The predicted molar refractivity (Wildman–Crippen MR) is 47.9 cm³/mol. The number of nitrogen functional groups attached to an aromatic ring is 1. The van der Waals surface area contributed by atoms with Crippen molar-refractivity contribution in [3.63, 3.8) is 0 Å². The summed E-state index contributed by atoms with van der Waals surface area (Å²) in [6, 6.07) is 8.10. The van der Waals surface area contributed by atoms with E-state index in [1.54, 1.807) is 16.9 Å². The third-order valence-electron chi connectivity index (χ3n) is 1.41. The van der Waals surface area contributed by atoms with Gasteiger partial charge in [-0.25, -0.2) is 0 Å². The Balaban J connectivity index is 2.69. The van der Waals surface area contributed by atoms with Crippen molar-refractivity contribution in [2.75, 3.05) is 5.73 Å². The Labute approximate surface area is 70.1 Å². The molecule has 0 aliphatic carbocycles. The molecule has 0 saturated heterocycles. The van der Waals surface area contributed by atoms with Crippen molar-refractivity contribution < 1.29 is 0 Å². The van der Waals surface area contributed by atoms with Crippen molar-refractivity contribution in [1.29, 1.82) is 0 Å². The second-order valence-corrected chi connectivity index (χ2v) is 3.49. The van der Waals surface area contributed by atoms with Gasteiger partial charge >= 0.3 is 69.7 Å². The zero-order valence-corrected chi connectivity index (χ0v) is 8.30. The fourth-order valence-electron chi connectivity index (χ4n) is 0.851. The first-order valence-electron chi connectivity index (χ1n) is 3.37. The van der Waals surface area contributed by atoms with E-state index >= 15 is 0 Å². The molecule has 1 nitrogen and oxygen atoms in total. The van der Waals surface area contributed by atoms with E-state index in [0.717, 1.165) is 5.69 Å². The molecule has 1 aromatic rings. The van der Waals surface area contributed by atoms with Crippen LogP contribution in [0, 0.1) is 0 Å². The molecule has 54 valence electrons. The van der Waals surface area contributed by atoms with Crippen LogP contribution < -0.4 is 5.73 Å². The number of nitrogens with two attached hydrogens (primary N) is 1. The van der Waals surface area contributed by atoms with Crippen LogP contribution in [0.3, 0.4) is 0 Å². The van der Waals surface area contributed by atoms with Gasteiger partial charge in [0.25, 0.3) is 0 Å². The molecule has 0 heterocycles. The SMILES string of the molecule is Nc1ccc(CC[AsH2])cc1. The number of anilines is 1. The maximum absolute atomic E-state index is 5.53. The second kappa shape index (κ2) is 3.68. The van der Waals surface area contributed by atoms with Crippen LogP contribution in [-0.4, -0.2) is 16.9 Å². The normalized spacial score (nSPS) is 9.70. The van der Waals surface area contributed by atoms with Gasteiger partial charge in [0, 0.05) is 0 Å². The topological polar surface area (TPSA) is 26.0 Å². The minimum atomic E-state index is 0.852. The molecule has 2 heteroatoms. The van der Waals surface area contributed by atoms with Crippen molar-refractivity contribution in [2.24, 2.45) is 0 Å². The van der Waals surface area contributed by atoms with Crippen molar-refractivity contribution in [2.45, 2.75) is 11.6 Å². The molecule has 0 spiro atoms. The fourth-order valence-corrected chi connectivity index (χ4v) is 1.55. The molecule has 0 aliphatic heterocycles. The van der Waals surface area contributed by atoms with Gasteiger partial charge in [0.2, 0.25) is 0 Å². The average Bonchev–Trinajstić information content (AvgIpc) is 1.95. The molecule has 0 saturated carbocycles. The van der Waals surface area contributed by atoms with Crippen LogP contribution in [0.2, 0.25) is 5.21 Å². The van der Waals surface area contributed by atoms with Gasteiger partial charge in [0.05, 0.1) is 0 Å². The standard InChI is InChI=1S/C8H12AsN/c9-6-5-7-1-3-8(10)4-2-7/h1-4H,5-6,9-10H2. The second-order valence-electron chi connectivity index (χ2n) is 2.28. The Morgan fingerprint density at radius 3 is 2.30 bits per heavy atom. The molecule has 0 aliphatic rings. The summed E-state index contributed by atoms with van der Waals surface area (Å²) in [6.45, 7) is 0. The summed E-state index contributed by atoms with van der Waals surface area (Å²) in [7, 11) is 0. The minimum absolute atomic E-state index is 0.852. The number of aryl methyl sites for hydroxylation is 1. The van der Waals surface area contributed by atoms with Crippen molar-refractivity contribution in [3.05, 3.63) is 29.8 Å². The summed E-state index contributed by atoms with van der Waals surface area (Å²) in [5.74, 6) is 0. The van der Waals surface area contributed by atoms with Gasteiger partial charge in [-0.2, -0.15) is 0 Å². The van der Waals surface area contributed by atoms with Crippen LogP contribution in [0.5, 0.6) is 0 Å². The molecule has 10 heavy (non-hydrogen) atoms. The van der Waals surface area contributed by atoms with Crippen molar-refractivity contribution >= 4 is 22.5 Å². The molecule has 1 aromatic carbocycles. The third-order valence-corrected chi connectivity index (χ3v) is 2.02. The van der Waals surface area contributed by atoms with E-state index in [9.17, 15) is 0 Å². The van der Waals surface area contributed by atoms with Gasteiger partial charge in [-0.05, 0) is 0 Å². The van der Waals surface area contributed by atoms with Crippen LogP contribution in [-0.2, 0) is 6.42 Å². The molecule has 0 bridgehead atoms. The van der Waals surface area contributed by atoms with Gasteiger partial charge in [-0.3, -0.25) is 0 Å². The Hall–Kier alpha value is -0.422. The fraction of sp³-hybridized carbons (Fsp3) is 0.250. The molecule has 1 unspecified atom stereocenters. The molecule has 1 atom stereocenters. The van der Waals surface area contributed by atoms with Gasteiger partial charge in [0.1, 0.15) is 0 Å². The van der Waals surface area contributed by atoms with E-state index < -0.39 is 0 Å². The first kappa shape index (κ1) is 7.68. The molecule has 0 amide bonds. The molecule has 1 rings (SSSR count). The quantitative estimate of drug-likeness (QED) is 0.552. The van der Waals surface area contributed by atoms with E-state index in [1.807, 2.05) is 12.1 Å². The zero-order valence-electron chi connectivity index (χ0n) is 5.88. The predicted octanol–water partition coefficient (Wildman–Crippen LogP) is 0.863. The molecular formula is C8H12AsN. The molecule has 0 aromatic heterocycles. The first-order valence-corrected chi connectivity index (χ1v) is 5.08. The summed E-state index contributed by atoms with van der Waals surface area (Å²) >= 11 is 1.78. The first-order chi connectivity index (χ1) is 4.83. The maximum atomic E-state index is 5.53. The summed E-state index contributed by atoms with van der Waals surface area (Å²) in [5.41, 5.74) is 7.77. The van der Waals surface area contributed by atoms with Crippen LogP contribution in [0.1, 0.15) is 5.56 Å². The van der Waals surface area contributed by atoms with Crippen LogP contribution >= 0.6 is 0 Å². The Bertz CT molecular complexity index is 193. The van der Waals surface area contributed by atoms with Crippen LogP contribution in [0.4, 0.5) is 5.69 Å². The molecule has 0 radical (unpaired) electrons. The van der Waals surface area contributed by atoms with Crippen LogP contribution in [0.25, 0.3) is 0 Å².